The summed E-state index contributed by atoms with van der Waals surface area (Å²) < 4.78 is 21.6. The second-order valence-corrected chi connectivity index (χ2v) is 7.99. The fourth-order valence-corrected chi connectivity index (χ4v) is 3.41. The molecule has 0 radical (unpaired) electrons. The standard InChI is InChI=1S/C23H34O6/c1-6-13-26-17(4)28-19-10-8-18(9-11-19)16(3)15-23(5,7-2)22(25)29-20-12-14-27-21(20)24/h8-11,16-17,20H,6-7,12-15H2,1-5H3. The van der Waals surface area contributed by atoms with Crippen molar-refractivity contribution in [1.82, 2.24) is 0 Å². The summed E-state index contributed by atoms with van der Waals surface area (Å²) in [5, 5.41) is 0. The number of hydrogen-bond donors (Lipinski definition) is 0. The molecule has 1 aliphatic rings. The Morgan fingerprint density at radius 2 is 1.93 bits per heavy atom. The van der Waals surface area contributed by atoms with Crippen LogP contribution in [0, 0.1) is 5.41 Å². The van der Waals surface area contributed by atoms with Crippen molar-refractivity contribution in [2.75, 3.05) is 13.2 Å². The van der Waals surface area contributed by atoms with Crippen molar-refractivity contribution in [3.8, 4) is 5.75 Å². The third-order valence-electron chi connectivity index (χ3n) is 5.47. The Kier molecular flexibility index (Phi) is 8.50. The molecule has 0 bridgehead atoms. The highest BCUT2D eigenvalue weighted by atomic mass is 16.7. The Morgan fingerprint density at radius 1 is 1.24 bits per heavy atom. The van der Waals surface area contributed by atoms with Gasteiger partial charge in [0.1, 0.15) is 5.75 Å². The molecule has 4 unspecified atom stereocenters. The van der Waals surface area contributed by atoms with Crippen LogP contribution in [0.4, 0.5) is 0 Å². The van der Waals surface area contributed by atoms with E-state index in [9.17, 15) is 9.59 Å². The van der Waals surface area contributed by atoms with Crippen molar-refractivity contribution < 1.29 is 28.5 Å². The number of rotatable bonds is 11. The highest BCUT2D eigenvalue weighted by molar-refractivity contribution is 5.83. The molecule has 0 spiro atoms. The molecule has 1 fully saturated rings. The van der Waals surface area contributed by atoms with Crippen LogP contribution < -0.4 is 4.74 Å². The van der Waals surface area contributed by atoms with Gasteiger partial charge in [-0.05, 0) is 56.7 Å². The van der Waals surface area contributed by atoms with Crippen LogP contribution in [-0.4, -0.2) is 37.5 Å². The van der Waals surface area contributed by atoms with Gasteiger partial charge in [-0.1, -0.05) is 32.9 Å². The van der Waals surface area contributed by atoms with Gasteiger partial charge in [-0.3, -0.25) is 4.79 Å². The average molecular weight is 407 g/mol. The van der Waals surface area contributed by atoms with Gasteiger partial charge in [0.25, 0.3) is 0 Å². The molecule has 1 aromatic carbocycles. The predicted octanol–water partition coefficient (Wildman–Crippen LogP) is 4.61. The van der Waals surface area contributed by atoms with Crippen LogP contribution in [0.15, 0.2) is 24.3 Å². The van der Waals surface area contributed by atoms with Gasteiger partial charge in [-0.15, -0.1) is 0 Å². The number of carbonyl (C=O) groups excluding carboxylic acids is 2. The van der Waals surface area contributed by atoms with E-state index >= 15 is 0 Å². The van der Waals surface area contributed by atoms with Gasteiger partial charge in [-0.2, -0.15) is 0 Å². The maximum absolute atomic E-state index is 12.8. The van der Waals surface area contributed by atoms with Crippen LogP contribution >= 0.6 is 0 Å². The molecule has 2 rings (SSSR count). The van der Waals surface area contributed by atoms with Crippen LogP contribution in [0.3, 0.4) is 0 Å². The van der Waals surface area contributed by atoms with E-state index in [4.69, 9.17) is 18.9 Å². The van der Waals surface area contributed by atoms with Crippen molar-refractivity contribution in [3.05, 3.63) is 29.8 Å². The summed E-state index contributed by atoms with van der Waals surface area (Å²) in [4.78, 5) is 24.4. The van der Waals surface area contributed by atoms with Crippen molar-refractivity contribution >= 4 is 11.9 Å². The van der Waals surface area contributed by atoms with E-state index in [2.05, 4.69) is 13.8 Å². The maximum atomic E-state index is 12.8. The van der Waals surface area contributed by atoms with Crippen molar-refractivity contribution in [2.24, 2.45) is 5.41 Å². The minimum absolute atomic E-state index is 0.144. The molecular formula is C23H34O6. The number of esters is 2. The van der Waals surface area contributed by atoms with E-state index in [0.717, 1.165) is 17.7 Å². The molecule has 4 atom stereocenters. The van der Waals surface area contributed by atoms with E-state index in [-0.39, 0.29) is 18.2 Å². The minimum atomic E-state index is -0.767. The van der Waals surface area contributed by atoms with E-state index in [1.807, 2.05) is 45.0 Å². The Morgan fingerprint density at radius 3 is 2.48 bits per heavy atom. The zero-order valence-electron chi connectivity index (χ0n) is 18.2. The lowest BCUT2D eigenvalue weighted by Crippen LogP contribution is -2.35. The summed E-state index contributed by atoms with van der Waals surface area (Å²) in [5.74, 6) is 0.114. The minimum Gasteiger partial charge on any atom is -0.465 e. The number of hydrogen-bond acceptors (Lipinski definition) is 6. The summed E-state index contributed by atoms with van der Waals surface area (Å²) in [5.41, 5.74) is 0.451. The smallest absolute Gasteiger partial charge is 0.347 e. The lowest BCUT2D eigenvalue weighted by atomic mass is 9.77. The van der Waals surface area contributed by atoms with Crippen LogP contribution in [-0.2, 0) is 23.8 Å². The summed E-state index contributed by atoms with van der Waals surface area (Å²) >= 11 is 0. The zero-order chi connectivity index (χ0) is 21.4. The van der Waals surface area contributed by atoms with Gasteiger partial charge in [0.05, 0.1) is 18.6 Å². The molecule has 0 saturated carbocycles. The highest BCUT2D eigenvalue weighted by Gasteiger charge is 2.39. The van der Waals surface area contributed by atoms with E-state index < -0.39 is 17.5 Å². The largest absolute Gasteiger partial charge is 0.465 e. The fourth-order valence-electron chi connectivity index (χ4n) is 3.41. The molecule has 1 aromatic rings. The maximum Gasteiger partial charge on any atom is 0.347 e. The lowest BCUT2D eigenvalue weighted by molar-refractivity contribution is -0.168. The highest BCUT2D eigenvalue weighted by Crippen LogP contribution is 2.37. The first-order valence-electron chi connectivity index (χ1n) is 10.5. The topological polar surface area (TPSA) is 71.1 Å². The number of carbonyl (C=O) groups is 2. The monoisotopic (exact) mass is 406 g/mol. The second-order valence-electron chi connectivity index (χ2n) is 7.99. The Labute approximate surface area is 173 Å². The number of cyclic esters (lactones) is 1. The summed E-state index contributed by atoms with van der Waals surface area (Å²) in [6.07, 6.45) is 1.58. The molecule has 1 aliphatic heterocycles. The van der Waals surface area contributed by atoms with Gasteiger partial charge < -0.3 is 18.9 Å². The van der Waals surface area contributed by atoms with Gasteiger partial charge in [0.15, 0.2) is 6.29 Å². The van der Waals surface area contributed by atoms with Gasteiger partial charge in [-0.25, -0.2) is 4.79 Å². The van der Waals surface area contributed by atoms with Gasteiger partial charge in [0, 0.05) is 6.42 Å². The molecule has 6 heteroatoms. The molecule has 1 saturated heterocycles. The van der Waals surface area contributed by atoms with Crippen molar-refractivity contribution in [3.63, 3.8) is 0 Å². The van der Waals surface area contributed by atoms with Crippen molar-refractivity contribution in [2.45, 2.75) is 78.6 Å². The third-order valence-corrected chi connectivity index (χ3v) is 5.47. The van der Waals surface area contributed by atoms with Crippen LogP contribution in [0.25, 0.3) is 0 Å². The molecule has 6 nitrogen and oxygen atoms in total. The molecule has 0 aromatic heterocycles. The van der Waals surface area contributed by atoms with E-state index in [0.29, 0.717) is 32.5 Å². The predicted molar refractivity (Wildman–Crippen MR) is 110 cm³/mol. The zero-order valence-corrected chi connectivity index (χ0v) is 18.2. The van der Waals surface area contributed by atoms with Crippen LogP contribution in [0.2, 0.25) is 0 Å². The summed E-state index contributed by atoms with van der Waals surface area (Å²) in [7, 11) is 0. The Balaban J connectivity index is 1.96. The molecular weight excluding hydrogens is 372 g/mol. The normalized spacial score (nSPS) is 20.4. The Hall–Kier alpha value is -2.08. The molecule has 0 N–H and O–H groups in total. The first kappa shape index (κ1) is 23.2. The first-order chi connectivity index (χ1) is 13.8. The quantitative estimate of drug-likeness (QED) is 0.395. The van der Waals surface area contributed by atoms with E-state index in [1.165, 1.54) is 0 Å². The second kappa shape index (κ2) is 10.6. The number of ether oxygens (including phenoxy) is 4. The molecule has 1 heterocycles. The van der Waals surface area contributed by atoms with E-state index in [1.54, 1.807) is 0 Å². The molecule has 162 valence electrons. The van der Waals surface area contributed by atoms with Gasteiger partial charge >= 0.3 is 11.9 Å². The van der Waals surface area contributed by atoms with Crippen molar-refractivity contribution in [1.29, 1.82) is 0 Å². The molecule has 0 aliphatic carbocycles. The summed E-state index contributed by atoms with van der Waals surface area (Å²) in [6, 6.07) is 7.88. The van der Waals surface area contributed by atoms with Crippen LogP contribution in [0.5, 0.6) is 5.75 Å². The molecule has 29 heavy (non-hydrogen) atoms. The third kappa shape index (κ3) is 6.46. The lowest BCUT2D eigenvalue weighted by Gasteiger charge is -2.30. The number of benzene rings is 1. The molecule has 0 amide bonds. The van der Waals surface area contributed by atoms with Gasteiger partial charge in [0.2, 0.25) is 6.10 Å². The summed E-state index contributed by atoms with van der Waals surface area (Å²) in [6.45, 7) is 10.9. The fraction of sp³-hybridized carbons (Fsp3) is 0.652. The first-order valence-corrected chi connectivity index (χ1v) is 10.5. The van der Waals surface area contributed by atoms with Crippen LogP contribution in [0.1, 0.15) is 71.8 Å². The Bertz CT molecular complexity index is 670. The average Bonchev–Trinajstić information content (AvgIpc) is 3.11. The SMILES string of the molecule is CCCOC(C)Oc1ccc(C(C)CC(C)(CC)C(=O)OC2CCOC2=O)cc1.